The topological polar surface area (TPSA) is 16.3 Å². The smallest absolute Gasteiger partial charge is 0.253 e. The SMILES string of the molecule is CC(C)(C)c1cc(-c2cccc(-c3ccccc3)c2N2c3cc4c5cc(-c6ccccc6)ccc5n(-c5ccccc5)c4cc3B3c4c2cc(N(c2ccccc2)c2ccccc2)cc4-n2c4cc(-c5ccccc5)ccc4c4ccc(-c5ccccc5)c3c42)cc(C(C)(C)C)c1. The van der Waals surface area contributed by atoms with E-state index in [4.69, 9.17) is 0 Å². The summed E-state index contributed by atoms with van der Waals surface area (Å²) in [5.74, 6) is 0. The Morgan fingerprint density at radius 1 is 0.289 bits per heavy atom. The lowest BCUT2D eigenvalue weighted by Gasteiger charge is -2.43. The molecule has 2 aromatic heterocycles. The van der Waals surface area contributed by atoms with Gasteiger partial charge in [0.25, 0.3) is 6.71 Å². The van der Waals surface area contributed by atoms with Gasteiger partial charge in [0, 0.05) is 72.3 Å². The molecular formula is C92H71BN4. The Hall–Kier alpha value is -11.7. The number of hydrogen-bond donors (Lipinski definition) is 0. The molecule has 0 bridgehead atoms. The number of nitrogens with zero attached hydrogens (tertiary/aromatic N) is 4. The molecule has 2 aliphatic rings. The summed E-state index contributed by atoms with van der Waals surface area (Å²) in [7, 11) is 0. The molecule has 2 aliphatic heterocycles. The second-order valence-electron chi connectivity index (χ2n) is 28.5. The lowest BCUT2D eigenvalue weighted by Crippen LogP contribution is -2.61. The van der Waals surface area contributed by atoms with Crippen LogP contribution in [-0.2, 0) is 10.8 Å². The van der Waals surface area contributed by atoms with Gasteiger partial charge in [0.1, 0.15) is 0 Å². The van der Waals surface area contributed by atoms with Gasteiger partial charge in [-0.05, 0) is 162 Å². The van der Waals surface area contributed by atoms with Crippen LogP contribution in [0.5, 0.6) is 0 Å². The number of hydrogen-bond acceptors (Lipinski definition) is 2. The third-order valence-corrected chi connectivity index (χ3v) is 20.5. The van der Waals surface area contributed by atoms with Gasteiger partial charge < -0.3 is 18.9 Å². The molecule has 462 valence electrons. The Bertz CT molecular complexity index is 5680. The molecule has 0 radical (unpaired) electrons. The van der Waals surface area contributed by atoms with Crippen molar-refractivity contribution in [2.75, 3.05) is 9.80 Å². The zero-order valence-corrected chi connectivity index (χ0v) is 55.5. The fourth-order valence-corrected chi connectivity index (χ4v) is 15.9. The van der Waals surface area contributed by atoms with E-state index in [1.165, 1.54) is 93.5 Å². The molecule has 18 rings (SSSR count). The Kier molecular flexibility index (Phi) is 13.4. The van der Waals surface area contributed by atoms with Crippen LogP contribution in [0.15, 0.2) is 322 Å². The lowest BCUT2D eigenvalue weighted by molar-refractivity contribution is 0.569. The molecule has 5 heteroatoms. The molecule has 0 unspecified atom stereocenters. The van der Waals surface area contributed by atoms with Crippen molar-refractivity contribution in [1.82, 2.24) is 9.13 Å². The third-order valence-electron chi connectivity index (χ3n) is 20.5. The molecule has 97 heavy (non-hydrogen) atoms. The lowest BCUT2D eigenvalue weighted by atomic mass is 9.33. The molecule has 0 atom stereocenters. The second kappa shape index (κ2) is 22.5. The van der Waals surface area contributed by atoms with Gasteiger partial charge in [-0.1, -0.05) is 284 Å². The molecule has 0 aliphatic carbocycles. The van der Waals surface area contributed by atoms with Crippen molar-refractivity contribution in [2.45, 2.75) is 52.4 Å². The maximum Gasteiger partial charge on any atom is 0.253 e. The summed E-state index contributed by atoms with van der Waals surface area (Å²) in [4.78, 5) is 5.21. The molecule has 0 saturated carbocycles. The van der Waals surface area contributed by atoms with Crippen molar-refractivity contribution in [3.05, 3.63) is 333 Å². The predicted octanol–water partition coefficient (Wildman–Crippen LogP) is 22.9. The fourth-order valence-electron chi connectivity index (χ4n) is 15.9. The van der Waals surface area contributed by atoms with Crippen molar-refractivity contribution in [3.63, 3.8) is 0 Å². The van der Waals surface area contributed by atoms with Crippen LogP contribution in [0.25, 0.3) is 111 Å². The Labute approximate surface area is 568 Å². The quantitative estimate of drug-likeness (QED) is 0.127. The summed E-state index contributed by atoms with van der Waals surface area (Å²) in [6.07, 6.45) is 0. The van der Waals surface area contributed by atoms with Gasteiger partial charge in [-0.25, -0.2) is 0 Å². The van der Waals surface area contributed by atoms with Crippen LogP contribution < -0.4 is 26.2 Å². The maximum absolute atomic E-state index is 2.74. The van der Waals surface area contributed by atoms with Crippen LogP contribution in [0.2, 0.25) is 0 Å². The molecule has 0 saturated heterocycles. The number of rotatable bonds is 10. The van der Waals surface area contributed by atoms with Gasteiger partial charge in [0.2, 0.25) is 0 Å². The monoisotopic (exact) mass is 1240 g/mol. The summed E-state index contributed by atoms with van der Waals surface area (Å²) in [6, 6.07) is 121. The van der Waals surface area contributed by atoms with Crippen LogP contribution >= 0.6 is 0 Å². The Balaban J connectivity index is 1.08. The molecular weight excluding hydrogens is 1170 g/mol. The predicted molar refractivity (Wildman–Crippen MR) is 414 cm³/mol. The van der Waals surface area contributed by atoms with Gasteiger partial charge in [-0.2, -0.15) is 0 Å². The van der Waals surface area contributed by atoms with Gasteiger partial charge in [0.05, 0.1) is 27.9 Å². The largest absolute Gasteiger partial charge is 0.310 e. The minimum absolute atomic E-state index is 0.143. The summed E-state index contributed by atoms with van der Waals surface area (Å²) in [5.41, 5.74) is 31.4. The van der Waals surface area contributed by atoms with Crippen molar-refractivity contribution >= 4 is 101 Å². The van der Waals surface area contributed by atoms with Crippen LogP contribution in [0, 0.1) is 0 Å². The highest BCUT2D eigenvalue weighted by Gasteiger charge is 2.46. The third kappa shape index (κ3) is 9.50. The van der Waals surface area contributed by atoms with E-state index in [1.807, 2.05) is 0 Å². The number of aromatic nitrogens is 2. The van der Waals surface area contributed by atoms with E-state index >= 15 is 0 Å². The van der Waals surface area contributed by atoms with Crippen LogP contribution in [0.1, 0.15) is 52.7 Å². The number of fused-ring (bicyclic) bond motifs is 10. The molecule has 16 aromatic rings. The average molecular weight is 1240 g/mol. The number of benzene rings is 14. The maximum atomic E-state index is 2.74. The van der Waals surface area contributed by atoms with E-state index in [2.05, 4.69) is 382 Å². The Morgan fingerprint density at radius 3 is 1.36 bits per heavy atom. The van der Waals surface area contributed by atoms with Gasteiger partial charge in [-0.3, -0.25) is 0 Å². The molecule has 0 fully saturated rings. The molecule has 0 amide bonds. The van der Waals surface area contributed by atoms with E-state index in [0.717, 1.165) is 78.7 Å². The highest BCUT2D eigenvalue weighted by molar-refractivity contribution is 7.01. The van der Waals surface area contributed by atoms with Crippen LogP contribution in [0.3, 0.4) is 0 Å². The van der Waals surface area contributed by atoms with Crippen molar-refractivity contribution in [3.8, 4) is 67.0 Å². The molecule has 4 nitrogen and oxygen atoms in total. The highest BCUT2D eigenvalue weighted by atomic mass is 15.2. The normalized spacial score (nSPS) is 12.6. The first-order chi connectivity index (χ1) is 47.4. The van der Waals surface area contributed by atoms with E-state index in [1.54, 1.807) is 0 Å². The van der Waals surface area contributed by atoms with Crippen molar-refractivity contribution in [2.24, 2.45) is 0 Å². The minimum Gasteiger partial charge on any atom is -0.310 e. The minimum atomic E-state index is -0.271. The van der Waals surface area contributed by atoms with Gasteiger partial charge >= 0.3 is 0 Å². The van der Waals surface area contributed by atoms with E-state index < -0.39 is 0 Å². The second-order valence-corrected chi connectivity index (χ2v) is 28.5. The first-order valence-corrected chi connectivity index (χ1v) is 34.1. The number of anilines is 6. The van der Waals surface area contributed by atoms with Gasteiger partial charge in [-0.15, -0.1) is 0 Å². The molecule has 0 spiro atoms. The summed E-state index contributed by atoms with van der Waals surface area (Å²) < 4.78 is 5.20. The van der Waals surface area contributed by atoms with Crippen LogP contribution in [0.4, 0.5) is 34.1 Å². The first kappa shape index (κ1) is 58.0. The number of para-hydroxylation sites is 4. The average Bonchev–Trinajstić information content (AvgIpc) is 1.63. The summed E-state index contributed by atoms with van der Waals surface area (Å²) >= 11 is 0. The standard InChI is InChI=1S/C92H71BN4/c1-91(2,3)67-51-66(52-68(55-67)92(4,5)6)75-44-28-43-74(63-35-20-10-21-36-63)89(75)97-84-58-79-78-53-64(60-29-14-7-15-30-60)46-50-81(78)95(71-41-26-13-27-42-71)83(79)59-80(84)93-87-73(62-33-18-9-19-34-62)48-49-77-76-47-45-65(61-31-16-8-17-32-61)54-82(76)96(90(77)87)85-56-72(57-86(97)88(85)93)94(69-37-22-11-23-38-69)70-39-24-12-25-40-70/h7-59H,1-6H3. The zero-order valence-electron chi connectivity index (χ0n) is 55.5. The molecule has 0 N–H and O–H groups in total. The molecule has 4 heterocycles. The summed E-state index contributed by atoms with van der Waals surface area (Å²) in [6.45, 7) is 13.9. The highest BCUT2D eigenvalue weighted by Crippen LogP contribution is 2.53. The van der Waals surface area contributed by atoms with Crippen molar-refractivity contribution < 1.29 is 0 Å². The first-order valence-electron chi connectivity index (χ1n) is 34.1. The zero-order chi connectivity index (χ0) is 65.3. The van der Waals surface area contributed by atoms with Crippen molar-refractivity contribution in [1.29, 1.82) is 0 Å². The van der Waals surface area contributed by atoms with E-state index in [-0.39, 0.29) is 17.5 Å². The van der Waals surface area contributed by atoms with Gasteiger partial charge in [0.15, 0.2) is 0 Å². The van der Waals surface area contributed by atoms with Crippen LogP contribution in [-0.4, -0.2) is 15.8 Å². The summed E-state index contributed by atoms with van der Waals surface area (Å²) in [5, 5.41) is 4.81. The van der Waals surface area contributed by atoms with E-state index in [0.29, 0.717) is 0 Å². The fraction of sp³-hybridized carbons (Fsp3) is 0.0870. The molecule has 14 aromatic carbocycles. The van der Waals surface area contributed by atoms with E-state index in [9.17, 15) is 0 Å². The Morgan fingerprint density at radius 2 is 0.773 bits per heavy atom.